The Hall–Kier alpha value is -2.47. The Morgan fingerprint density at radius 3 is 2.86 bits per heavy atom. The molecule has 112 valence electrons. The highest BCUT2D eigenvalue weighted by atomic mass is 32.1. The molecule has 0 saturated carbocycles. The molecule has 3 rings (SSSR count). The summed E-state index contributed by atoms with van der Waals surface area (Å²) in [6.45, 7) is 2.28. The van der Waals surface area contributed by atoms with Crippen molar-refractivity contribution in [2.24, 2.45) is 0 Å². The predicted molar refractivity (Wildman–Crippen MR) is 84.6 cm³/mol. The number of hydrogen-bond donors (Lipinski definition) is 0. The van der Waals surface area contributed by atoms with Crippen molar-refractivity contribution >= 4 is 17.2 Å². The Bertz CT molecular complexity index is 766. The minimum atomic E-state index is -0.0615. The molecule has 0 aliphatic heterocycles. The molecule has 0 bridgehead atoms. The number of aromatic nitrogens is 2. The Kier molecular flexibility index (Phi) is 4.02. The first-order chi connectivity index (χ1) is 10.6. The van der Waals surface area contributed by atoms with Crippen LogP contribution in [0.1, 0.15) is 21.1 Å². The molecular formula is C16H15N3O2S. The molecule has 0 aliphatic carbocycles. The summed E-state index contributed by atoms with van der Waals surface area (Å²) in [4.78, 5) is 23.6. The molecule has 3 aromatic heterocycles. The second-order valence-electron chi connectivity index (χ2n) is 4.89. The molecule has 6 heteroatoms. The van der Waals surface area contributed by atoms with Gasteiger partial charge in [-0.3, -0.25) is 9.78 Å². The first-order valence-electron chi connectivity index (χ1n) is 6.82. The van der Waals surface area contributed by atoms with Crippen LogP contribution in [-0.4, -0.2) is 27.8 Å². The summed E-state index contributed by atoms with van der Waals surface area (Å²) < 4.78 is 5.28. The van der Waals surface area contributed by atoms with Crippen LogP contribution in [0.4, 0.5) is 0 Å². The van der Waals surface area contributed by atoms with Gasteiger partial charge in [0.15, 0.2) is 0 Å². The van der Waals surface area contributed by atoms with Crippen molar-refractivity contribution in [2.75, 3.05) is 7.05 Å². The van der Waals surface area contributed by atoms with Gasteiger partial charge in [0.2, 0.25) is 0 Å². The lowest BCUT2D eigenvalue weighted by Crippen LogP contribution is -2.25. The molecule has 0 N–H and O–H groups in total. The zero-order valence-corrected chi connectivity index (χ0v) is 13.1. The monoisotopic (exact) mass is 313 g/mol. The lowest BCUT2D eigenvalue weighted by molar-refractivity contribution is 0.0779. The molecule has 5 nitrogen and oxygen atoms in total. The molecule has 0 aliphatic rings. The Morgan fingerprint density at radius 1 is 1.32 bits per heavy atom. The summed E-state index contributed by atoms with van der Waals surface area (Å²) in [5, 5.41) is 0.757. The van der Waals surface area contributed by atoms with E-state index in [0.717, 1.165) is 22.2 Å². The average molecular weight is 313 g/mol. The number of rotatable bonds is 4. The van der Waals surface area contributed by atoms with Gasteiger partial charge in [-0.15, -0.1) is 11.3 Å². The lowest BCUT2D eigenvalue weighted by Gasteiger charge is -2.14. The molecule has 0 saturated heterocycles. The van der Waals surface area contributed by atoms with Crippen molar-refractivity contribution in [3.63, 3.8) is 0 Å². The van der Waals surface area contributed by atoms with Gasteiger partial charge in [0.25, 0.3) is 5.91 Å². The second-order valence-corrected chi connectivity index (χ2v) is 5.89. The summed E-state index contributed by atoms with van der Waals surface area (Å²) in [6.07, 6.45) is 3.32. The van der Waals surface area contributed by atoms with E-state index in [-0.39, 0.29) is 5.91 Å². The maximum atomic E-state index is 12.6. The second kappa shape index (κ2) is 6.11. The third-order valence-electron chi connectivity index (χ3n) is 3.19. The summed E-state index contributed by atoms with van der Waals surface area (Å²) in [5.74, 6) is 0.691. The lowest BCUT2D eigenvalue weighted by atomic mass is 10.3. The predicted octanol–water partition coefficient (Wildman–Crippen LogP) is 3.38. The normalized spacial score (nSPS) is 10.6. The molecule has 0 atom stereocenters. The molecule has 0 unspecified atom stereocenters. The van der Waals surface area contributed by atoms with E-state index in [1.165, 1.54) is 11.3 Å². The first-order valence-corrected chi connectivity index (χ1v) is 7.63. The molecular weight excluding hydrogens is 298 g/mol. The van der Waals surface area contributed by atoms with E-state index in [4.69, 9.17) is 4.42 Å². The van der Waals surface area contributed by atoms with Crippen molar-refractivity contribution < 1.29 is 9.21 Å². The summed E-state index contributed by atoms with van der Waals surface area (Å²) in [6, 6.07) is 9.31. The number of thiazole rings is 1. The van der Waals surface area contributed by atoms with Gasteiger partial charge in [0, 0.05) is 13.2 Å². The fraction of sp³-hybridized carbons (Fsp3) is 0.188. The van der Waals surface area contributed by atoms with Crippen LogP contribution in [-0.2, 0) is 6.54 Å². The minimum absolute atomic E-state index is 0.0615. The van der Waals surface area contributed by atoms with E-state index in [1.807, 2.05) is 37.3 Å². The van der Waals surface area contributed by atoms with E-state index in [2.05, 4.69) is 9.97 Å². The molecule has 0 aromatic carbocycles. The summed E-state index contributed by atoms with van der Waals surface area (Å²) in [5.41, 5.74) is 1.50. The number of hydrogen-bond acceptors (Lipinski definition) is 5. The van der Waals surface area contributed by atoms with Crippen LogP contribution in [0.2, 0.25) is 0 Å². The number of nitrogens with zero attached hydrogens (tertiary/aromatic N) is 3. The standard InChI is InChI=1S/C16H15N3O2S/c1-11-14(16(20)19(2)10-12-6-5-9-21-12)22-15(18-11)13-7-3-4-8-17-13/h3-9H,10H2,1-2H3. The van der Waals surface area contributed by atoms with Gasteiger partial charge in [-0.25, -0.2) is 4.98 Å². The molecule has 22 heavy (non-hydrogen) atoms. The molecule has 3 heterocycles. The zero-order valence-electron chi connectivity index (χ0n) is 12.3. The van der Waals surface area contributed by atoms with Crippen molar-refractivity contribution in [3.8, 4) is 10.7 Å². The zero-order chi connectivity index (χ0) is 15.5. The number of aryl methyl sites for hydroxylation is 1. The highest BCUT2D eigenvalue weighted by Crippen LogP contribution is 2.27. The van der Waals surface area contributed by atoms with Crippen LogP contribution in [0.5, 0.6) is 0 Å². The summed E-state index contributed by atoms with van der Waals surface area (Å²) >= 11 is 1.37. The van der Waals surface area contributed by atoms with E-state index < -0.39 is 0 Å². The molecule has 0 spiro atoms. The quantitative estimate of drug-likeness (QED) is 0.741. The van der Waals surface area contributed by atoms with Crippen LogP contribution >= 0.6 is 11.3 Å². The number of amides is 1. The summed E-state index contributed by atoms with van der Waals surface area (Å²) in [7, 11) is 1.75. The fourth-order valence-corrected chi connectivity index (χ4v) is 3.11. The third kappa shape index (κ3) is 2.92. The number of pyridine rings is 1. The maximum absolute atomic E-state index is 12.6. The van der Waals surface area contributed by atoms with Crippen molar-refractivity contribution in [1.29, 1.82) is 0 Å². The number of carbonyl (C=O) groups excluding carboxylic acids is 1. The highest BCUT2D eigenvalue weighted by Gasteiger charge is 2.20. The van der Waals surface area contributed by atoms with Gasteiger partial charge in [-0.05, 0) is 31.2 Å². The Morgan fingerprint density at radius 2 is 2.18 bits per heavy atom. The maximum Gasteiger partial charge on any atom is 0.266 e. The smallest absolute Gasteiger partial charge is 0.266 e. The third-order valence-corrected chi connectivity index (χ3v) is 4.36. The molecule has 1 amide bonds. The molecule has 3 aromatic rings. The van der Waals surface area contributed by atoms with Gasteiger partial charge >= 0.3 is 0 Å². The van der Waals surface area contributed by atoms with E-state index in [0.29, 0.717) is 11.4 Å². The van der Waals surface area contributed by atoms with Crippen LogP contribution in [0.3, 0.4) is 0 Å². The van der Waals surface area contributed by atoms with E-state index in [9.17, 15) is 4.79 Å². The van der Waals surface area contributed by atoms with Gasteiger partial charge in [0.05, 0.1) is 24.2 Å². The van der Waals surface area contributed by atoms with Crippen molar-refractivity contribution in [3.05, 3.63) is 59.1 Å². The van der Waals surface area contributed by atoms with Crippen LogP contribution in [0.25, 0.3) is 10.7 Å². The first kappa shape index (κ1) is 14.5. The van der Waals surface area contributed by atoms with Gasteiger partial charge in [0.1, 0.15) is 15.6 Å². The Labute approximate surface area is 132 Å². The van der Waals surface area contributed by atoms with Gasteiger partial charge in [-0.1, -0.05) is 6.07 Å². The largest absolute Gasteiger partial charge is 0.467 e. The van der Waals surface area contributed by atoms with Gasteiger partial charge < -0.3 is 9.32 Å². The van der Waals surface area contributed by atoms with Crippen LogP contribution in [0, 0.1) is 6.92 Å². The molecule has 0 radical (unpaired) electrons. The van der Waals surface area contributed by atoms with Gasteiger partial charge in [-0.2, -0.15) is 0 Å². The SMILES string of the molecule is Cc1nc(-c2ccccn2)sc1C(=O)N(C)Cc1ccco1. The highest BCUT2D eigenvalue weighted by molar-refractivity contribution is 7.17. The molecule has 0 fully saturated rings. The fourth-order valence-electron chi connectivity index (χ4n) is 2.08. The van der Waals surface area contributed by atoms with Crippen molar-refractivity contribution in [1.82, 2.24) is 14.9 Å². The Balaban J connectivity index is 1.82. The van der Waals surface area contributed by atoms with Crippen LogP contribution < -0.4 is 0 Å². The van der Waals surface area contributed by atoms with Crippen molar-refractivity contribution in [2.45, 2.75) is 13.5 Å². The van der Waals surface area contributed by atoms with Crippen LogP contribution in [0.15, 0.2) is 47.2 Å². The topological polar surface area (TPSA) is 59.2 Å². The van der Waals surface area contributed by atoms with E-state index >= 15 is 0 Å². The minimum Gasteiger partial charge on any atom is -0.467 e. The number of furan rings is 1. The van der Waals surface area contributed by atoms with E-state index in [1.54, 1.807) is 24.4 Å². The number of carbonyl (C=O) groups is 1. The average Bonchev–Trinajstić information content (AvgIpc) is 3.17.